The first kappa shape index (κ1) is 16.2. The van der Waals surface area contributed by atoms with Crippen molar-refractivity contribution in [1.29, 1.82) is 0 Å². The van der Waals surface area contributed by atoms with Gasteiger partial charge < -0.3 is 4.74 Å². The van der Waals surface area contributed by atoms with E-state index < -0.39 is 0 Å². The van der Waals surface area contributed by atoms with Crippen LogP contribution in [-0.4, -0.2) is 36.9 Å². The quantitative estimate of drug-likeness (QED) is 0.720. The van der Waals surface area contributed by atoms with Crippen LogP contribution in [0.1, 0.15) is 22.8 Å². The molecule has 0 spiro atoms. The minimum absolute atomic E-state index is 0.699. The summed E-state index contributed by atoms with van der Waals surface area (Å²) in [6.45, 7) is 9.40. The molecule has 0 saturated carbocycles. The molecule has 7 nitrogen and oxygen atoms in total. The van der Waals surface area contributed by atoms with Crippen molar-refractivity contribution in [2.24, 2.45) is 0 Å². The molecule has 0 aliphatic carbocycles. The molecule has 0 saturated heterocycles. The molecule has 0 radical (unpaired) electrons. The summed E-state index contributed by atoms with van der Waals surface area (Å²) in [5, 5.41) is 12.9. The van der Waals surface area contributed by atoms with Gasteiger partial charge in [-0.2, -0.15) is 5.10 Å². The van der Waals surface area contributed by atoms with E-state index in [0.29, 0.717) is 6.54 Å². The van der Waals surface area contributed by atoms with E-state index in [1.807, 2.05) is 41.5 Å². The number of hydrogen-bond acceptors (Lipinski definition) is 5. The molecule has 0 N–H and O–H groups in total. The molecule has 0 aliphatic heterocycles. The van der Waals surface area contributed by atoms with Crippen molar-refractivity contribution in [2.45, 2.75) is 40.8 Å². The third-order valence-electron chi connectivity index (χ3n) is 4.28. The van der Waals surface area contributed by atoms with Crippen LogP contribution in [-0.2, 0) is 13.1 Å². The van der Waals surface area contributed by atoms with Crippen LogP contribution in [0.3, 0.4) is 0 Å². The lowest BCUT2D eigenvalue weighted by atomic mass is 10.0. The maximum atomic E-state index is 5.37. The summed E-state index contributed by atoms with van der Waals surface area (Å²) in [6.07, 6.45) is 1.97. The number of rotatable bonds is 5. The Bertz CT molecular complexity index is 864. The van der Waals surface area contributed by atoms with Gasteiger partial charge in [0.2, 0.25) is 0 Å². The summed E-state index contributed by atoms with van der Waals surface area (Å²) in [4.78, 5) is 4.31. The fourth-order valence-electron chi connectivity index (χ4n) is 2.80. The molecule has 1 aromatic carbocycles. The maximum Gasteiger partial charge on any atom is 0.147 e. The van der Waals surface area contributed by atoms with Crippen molar-refractivity contribution >= 4 is 0 Å². The second-order valence-corrected chi connectivity index (χ2v) is 5.86. The average Bonchev–Trinajstić information content (AvgIpc) is 3.14. The lowest BCUT2D eigenvalue weighted by Gasteiger charge is -2.10. The summed E-state index contributed by atoms with van der Waals surface area (Å²) in [7, 11) is 1.69. The van der Waals surface area contributed by atoms with Crippen molar-refractivity contribution in [3.8, 4) is 17.0 Å². The first-order valence-electron chi connectivity index (χ1n) is 7.92. The molecule has 126 valence electrons. The Hall–Kier alpha value is -2.70. The highest BCUT2D eigenvalue weighted by Gasteiger charge is 2.12. The number of ether oxygens (including phenoxy) is 1. The second kappa shape index (κ2) is 6.43. The van der Waals surface area contributed by atoms with E-state index in [2.05, 4.69) is 34.2 Å². The van der Waals surface area contributed by atoms with Gasteiger partial charge in [-0.25, -0.2) is 9.67 Å². The molecule has 0 bridgehead atoms. The average molecular weight is 326 g/mol. The van der Waals surface area contributed by atoms with Crippen molar-refractivity contribution in [2.75, 3.05) is 7.11 Å². The van der Waals surface area contributed by atoms with Gasteiger partial charge in [0.25, 0.3) is 0 Å². The fraction of sp³-hybridized carbons (Fsp3) is 0.412. The highest BCUT2D eigenvalue weighted by molar-refractivity contribution is 5.66. The summed E-state index contributed by atoms with van der Waals surface area (Å²) in [5.74, 6) is 2.59. The van der Waals surface area contributed by atoms with Gasteiger partial charge in [-0.3, -0.25) is 4.68 Å². The zero-order valence-electron chi connectivity index (χ0n) is 14.7. The molecule has 0 atom stereocenters. The second-order valence-electron chi connectivity index (χ2n) is 5.86. The van der Waals surface area contributed by atoms with E-state index in [1.165, 1.54) is 0 Å². The molecule has 3 aromatic rings. The van der Waals surface area contributed by atoms with Gasteiger partial charge in [-0.05, 0) is 51.0 Å². The van der Waals surface area contributed by atoms with Crippen LogP contribution in [0.5, 0.6) is 5.75 Å². The Balaban J connectivity index is 1.78. The van der Waals surface area contributed by atoms with Gasteiger partial charge >= 0.3 is 0 Å². The number of aromatic nitrogens is 6. The van der Waals surface area contributed by atoms with Crippen LogP contribution in [0.15, 0.2) is 18.3 Å². The van der Waals surface area contributed by atoms with E-state index in [9.17, 15) is 0 Å². The van der Waals surface area contributed by atoms with E-state index in [4.69, 9.17) is 4.74 Å². The van der Waals surface area contributed by atoms with Crippen molar-refractivity contribution in [3.63, 3.8) is 0 Å². The molecular formula is C17H22N6O. The number of aryl methyl sites for hydroxylation is 4. The van der Waals surface area contributed by atoms with E-state index in [-0.39, 0.29) is 0 Å². The normalized spacial score (nSPS) is 11.0. The lowest BCUT2D eigenvalue weighted by molar-refractivity contribution is 0.411. The largest absolute Gasteiger partial charge is 0.496 e. The monoisotopic (exact) mass is 326 g/mol. The van der Waals surface area contributed by atoms with Crippen LogP contribution in [0, 0.1) is 27.7 Å². The smallest absolute Gasteiger partial charge is 0.147 e. The Morgan fingerprint density at radius 3 is 2.50 bits per heavy atom. The topological polar surface area (TPSA) is 70.7 Å². The Labute approximate surface area is 141 Å². The zero-order valence-corrected chi connectivity index (χ0v) is 14.7. The van der Waals surface area contributed by atoms with Gasteiger partial charge in [0.15, 0.2) is 0 Å². The van der Waals surface area contributed by atoms with Gasteiger partial charge in [0.1, 0.15) is 23.1 Å². The third kappa shape index (κ3) is 3.02. The Morgan fingerprint density at radius 2 is 1.83 bits per heavy atom. The molecule has 0 amide bonds. The Kier molecular flexibility index (Phi) is 4.33. The minimum Gasteiger partial charge on any atom is -0.496 e. The first-order chi connectivity index (χ1) is 11.5. The van der Waals surface area contributed by atoms with Gasteiger partial charge in [0, 0.05) is 5.56 Å². The van der Waals surface area contributed by atoms with E-state index in [0.717, 1.165) is 46.3 Å². The van der Waals surface area contributed by atoms with Crippen LogP contribution < -0.4 is 4.74 Å². The molecule has 2 heterocycles. The summed E-state index contributed by atoms with van der Waals surface area (Å²) in [5.41, 5.74) is 4.22. The number of methoxy groups -OCH3 is 1. The van der Waals surface area contributed by atoms with Crippen molar-refractivity contribution in [1.82, 2.24) is 29.8 Å². The fourth-order valence-corrected chi connectivity index (χ4v) is 2.80. The lowest BCUT2D eigenvalue weighted by Crippen LogP contribution is -2.10. The highest BCUT2D eigenvalue weighted by Crippen LogP contribution is 2.29. The molecule has 3 rings (SSSR count). The minimum atomic E-state index is 0.699. The third-order valence-corrected chi connectivity index (χ3v) is 4.28. The standard InChI is InChI=1S/C17H22N6O/c1-11-12(2)17(24-5)7-6-15(11)16-10-22(21-19-16)8-9-23-14(4)18-13(3)20-23/h6-7,10H,8-9H2,1-5H3. The number of hydrogen-bond donors (Lipinski definition) is 0. The summed E-state index contributed by atoms with van der Waals surface area (Å²) in [6, 6.07) is 4.00. The molecule has 0 unspecified atom stereocenters. The van der Waals surface area contributed by atoms with Crippen LogP contribution in [0.25, 0.3) is 11.3 Å². The van der Waals surface area contributed by atoms with Gasteiger partial charge in [0.05, 0.1) is 26.4 Å². The molecule has 2 aromatic heterocycles. The van der Waals surface area contributed by atoms with Crippen molar-refractivity contribution < 1.29 is 4.74 Å². The molecule has 0 fully saturated rings. The Morgan fingerprint density at radius 1 is 1.04 bits per heavy atom. The number of nitrogens with zero attached hydrogens (tertiary/aromatic N) is 6. The van der Waals surface area contributed by atoms with Crippen LogP contribution in [0.4, 0.5) is 0 Å². The van der Waals surface area contributed by atoms with Crippen LogP contribution in [0.2, 0.25) is 0 Å². The first-order valence-corrected chi connectivity index (χ1v) is 7.92. The van der Waals surface area contributed by atoms with E-state index >= 15 is 0 Å². The molecule has 0 aliphatic rings. The molecular weight excluding hydrogens is 304 g/mol. The molecule has 24 heavy (non-hydrogen) atoms. The van der Waals surface area contributed by atoms with Crippen molar-refractivity contribution in [3.05, 3.63) is 41.1 Å². The highest BCUT2D eigenvalue weighted by atomic mass is 16.5. The summed E-state index contributed by atoms with van der Waals surface area (Å²) >= 11 is 0. The van der Waals surface area contributed by atoms with Gasteiger partial charge in [-0.15, -0.1) is 5.10 Å². The van der Waals surface area contributed by atoms with E-state index in [1.54, 1.807) is 7.11 Å². The summed E-state index contributed by atoms with van der Waals surface area (Å²) < 4.78 is 9.09. The zero-order chi connectivity index (χ0) is 17.3. The SMILES string of the molecule is COc1ccc(-c2cn(CCn3nc(C)nc3C)nn2)c(C)c1C. The predicted molar refractivity (Wildman–Crippen MR) is 91.0 cm³/mol. The number of benzene rings is 1. The van der Waals surface area contributed by atoms with Crippen LogP contribution >= 0.6 is 0 Å². The van der Waals surface area contributed by atoms with Gasteiger partial charge in [-0.1, -0.05) is 5.21 Å². The maximum absolute atomic E-state index is 5.37. The predicted octanol–water partition coefficient (Wildman–Crippen LogP) is 2.48. The molecule has 7 heteroatoms.